The molecule has 0 N–H and O–H groups in total. The van der Waals surface area contributed by atoms with E-state index in [0.717, 1.165) is 12.8 Å². The SMILES string of the molecule is CCO[PH+](OCC)OC(=CC(=O)OC)CCC1=C(C)CCCC1(C)C. The molecule has 0 aromatic carbocycles. The summed E-state index contributed by atoms with van der Waals surface area (Å²) in [5.41, 5.74) is 3.14. The van der Waals surface area contributed by atoms with Gasteiger partial charge in [0.2, 0.25) is 0 Å². The fourth-order valence-electron chi connectivity index (χ4n) is 3.26. The molecule has 0 aromatic heterocycles. The highest BCUT2D eigenvalue weighted by Crippen LogP contribution is 2.45. The van der Waals surface area contributed by atoms with Crippen molar-refractivity contribution in [1.82, 2.24) is 0 Å². The lowest BCUT2D eigenvalue weighted by molar-refractivity contribution is -0.135. The number of ether oxygens (including phenoxy) is 1. The quantitative estimate of drug-likeness (QED) is 0.169. The van der Waals surface area contributed by atoms with E-state index in [9.17, 15) is 4.79 Å². The Hall–Kier alpha value is -0.900. The van der Waals surface area contributed by atoms with Crippen LogP contribution in [0.2, 0.25) is 0 Å². The maximum Gasteiger partial charge on any atom is 0.443 e. The van der Waals surface area contributed by atoms with Crippen molar-refractivity contribution in [2.24, 2.45) is 5.41 Å². The number of carbonyl (C=O) groups excluding carboxylic acids is 1. The Labute approximate surface area is 153 Å². The number of carbonyl (C=O) groups is 1. The van der Waals surface area contributed by atoms with Gasteiger partial charge in [-0.2, -0.15) is 9.05 Å². The molecule has 0 saturated heterocycles. The van der Waals surface area contributed by atoms with Crippen molar-refractivity contribution in [1.29, 1.82) is 0 Å². The van der Waals surface area contributed by atoms with E-state index < -0.39 is 14.6 Å². The molecule has 1 aliphatic rings. The third-order valence-electron chi connectivity index (χ3n) is 4.53. The number of esters is 1. The molecule has 0 amide bonds. The van der Waals surface area contributed by atoms with Gasteiger partial charge >= 0.3 is 14.6 Å². The highest BCUT2D eigenvalue weighted by atomic mass is 31.2. The van der Waals surface area contributed by atoms with Crippen LogP contribution in [0.25, 0.3) is 0 Å². The minimum atomic E-state index is -1.88. The van der Waals surface area contributed by atoms with Crippen LogP contribution in [0.4, 0.5) is 0 Å². The van der Waals surface area contributed by atoms with E-state index in [1.165, 1.54) is 37.2 Å². The second kappa shape index (κ2) is 10.9. The Morgan fingerprint density at radius 1 is 1.24 bits per heavy atom. The predicted octanol–water partition coefficient (Wildman–Crippen LogP) is 5.40. The standard InChI is InChI=1S/C19H34O5P/c1-7-22-25(23-8-2)24-16(14-18(20)21-6)11-12-17-15(3)10-9-13-19(17,4)5/h14,25H,7-13H2,1-6H3/q+1. The van der Waals surface area contributed by atoms with Crippen LogP contribution in [0, 0.1) is 5.41 Å². The largest absolute Gasteiger partial charge is 0.466 e. The van der Waals surface area contributed by atoms with Gasteiger partial charge in [-0.15, -0.1) is 0 Å². The van der Waals surface area contributed by atoms with Gasteiger partial charge in [0.05, 0.1) is 26.4 Å². The molecule has 0 unspecified atom stereocenters. The Morgan fingerprint density at radius 2 is 1.88 bits per heavy atom. The van der Waals surface area contributed by atoms with E-state index in [1.54, 1.807) is 0 Å². The van der Waals surface area contributed by atoms with E-state index >= 15 is 0 Å². The smallest absolute Gasteiger partial charge is 0.443 e. The minimum Gasteiger partial charge on any atom is -0.466 e. The minimum absolute atomic E-state index is 0.201. The van der Waals surface area contributed by atoms with Crippen molar-refractivity contribution < 1.29 is 23.1 Å². The molecule has 5 nitrogen and oxygen atoms in total. The summed E-state index contributed by atoms with van der Waals surface area (Å²) in [5.74, 6) is 0.155. The van der Waals surface area contributed by atoms with Crippen molar-refractivity contribution >= 4 is 14.6 Å². The normalized spacial score (nSPS) is 17.8. The first-order valence-electron chi connectivity index (χ1n) is 9.12. The fraction of sp³-hybridized carbons (Fsp3) is 0.737. The molecule has 0 bridgehead atoms. The monoisotopic (exact) mass is 373 g/mol. The maximum atomic E-state index is 11.7. The molecule has 0 aliphatic heterocycles. The van der Waals surface area contributed by atoms with E-state index in [1.807, 2.05) is 13.8 Å². The van der Waals surface area contributed by atoms with Crippen LogP contribution in [0.15, 0.2) is 23.0 Å². The lowest BCUT2D eigenvalue weighted by Gasteiger charge is -2.34. The van der Waals surface area contributed by atoms with E-state index in [-0.39, 0.29) is 5.41 Å². The molecule has 25 heavy (non-hydrogen) atoms. The molecule has 1 aliphatic carbocycles. The van der Waals surface area contributed by atoms with Gasteiger partial charge in [0.1, 0.15) is 0 Å². The van der Waals surface area contributed by atoms with Crippen molar-refractivity contribution in [3.63, 3.8) is 0 Å². The van der Waals surface area contributed by atoms with Crippen LogP contribution in [-0.2, 0) is 23.1 Å². The molecule has 0 aromatic rings. The summed E-state index contributed by atoms with van der Waals surface area (Å²) >= 11 is 0. The lowest BCUT2D eigenvalue weighted by atomic mass is 9.71. The van der Waals surface area contributed by atoms with Gasteiger partial charge in [-0.1, -0.05) is 25.0 Å². The molecule has 144 valence electrons. The Morgan fingerprint density at radius 3 is 2.40 bits per heavy atom. The zero-order chi connectivity index (χ0) is 18.9. The van der Waals surface area contributed by atoms with Crippen LogP contribution < -0.4 is 0 Å². The summed E-state index contributed by atoms with van der Waals surface area (Å²) < 4.78 is 21.7. The molecular weight excluding hydrogens is 339 g/mol. The number of methoxy groups -OCH3 is 1. The molecule has 0 radical (unpaired) electrons. The first kappa shape index (κ1) is 22.1. The second-order valence-electron chi connectivity index (χ2n) is 6.85. The first-order chi connectivity index (χ1) is 11.8. The Kier molecular flexibility index (Phi) is 9.70. The van der Waals surface area contributed by atoms with Gasteiger partial charge < -0.3 is 4.74 Å². The Bertz CT molecular complexity index is 490. The summed E-state index contributed by atoms with van der Waals surface area (Å²) in [6.45, 7) is 11.6. The number of allylic oxidation sites excluding steroid dienone is 3. The van der Waals surface area contributed by atoms with E-state index in [4.69, 9.17) is 18.3 Å². The third-order valence-corrected chi connectivity index (χ3v) is 6.00. The fourth-order valence-corrected chi connectivity index (χ4v) is 4.31. The van der Waals surface area contributed by atoms with Gasteiger partial charge in [0.25, 0.3) is 0 Å². The molecule has 0 saturated carbocycles. The average molecular weight is 373 g/mol. The number of hydrogen-bond donors (Lipinski definition) is 0. The summed E-state index contributed by atoms with van der Waals surface area (Å²) in [6.07, 6.45) is 6.51. The van der Waals surface area contributed by atoms with Crippen molar-refractivity contribution in [3.8, 4) is 0 Å². The Balaban J connectivity index is 2.87. The highest BCUT2D eigenvalue weighted by Gasteiger charge is 2.29. The molecule has 6 heteroatoms. The molecule has 0 heterocycles. The van der Waals surface area contributed by atoms with Gasteiger partial charge in [-0.3, -0.25) is 4.52 Å². The van der Waals surface area contributed by atoms with Crippen LogP contribution in [-0.4, -0.2) is 26.3 Å². The second-order valence-corrected chi connectivity index (χ2v) is 8.13. The van der Waals surface area contributed by atoms with Crippen molar-refractivity contribution in [3.05, 3.63) is 23.0 Å². The molecule has 0 spiro atoms. The third kappa shape index (κ3) is 7.47. The van der Waals surface area contributed by atoms with Crippen LogP contribution >= 0.6 is 8.60 Å². The van der Waals surface area contributed by atoms with Crippen LogP contribution in [0.5, 0.6) is 0 Å². The molecule has 0 fully saturated rings. The van der Waals surface area contributed by atoms with Crippen molar-refractivity contribution in [2.75, 3.05) is 20.3 Å². The van der Waals surface area contributed by atoms with Crippen LogP contribution in [0.3, 0.4) is 0 Å². The number of hydrogen-bond acceptors (Lipinski definition) is 5. The molecule has 1 rings (SSSR count). The maximum absolute atomic E-state index is 11.7. The van der Waals surface area contributed by atoms with Gasteiger partial charge in [0, 0.05) is 6.42 Å². The van der Waals surface area contributed by atoms with Gasteiger partial charge in [-0.05, 0) is 51.9 Å². The number of rotatable bonds is 10. The summed E-state index contributed by atoms with van der Waals surface area (Å²) in [5, 5.41) is 0. The van der Waals surface area contributed by atoms with E-state index in [0.29, 0.717) is 25.4 Å². The average Bonchev–Trinajstić information content (AvgIpc) is 2.53. The van der Waals surface area contributed by atoms with Crippen molar-refractivity contribution in [2.45, 2.75) is 66.7 Å². The summed E-state index contributed by atoms with van der Waals surface area (Å²) in [4.78, 5) is 11.7. The molecular formula is C19H34O5P+. The predicted molar refractivity (Wildman–Crippen MR) is 102 cm³/mol. The lowest BCUT2D eigenvalue weighted by Crippen LogP contribution is -2.20. The summed E-state index contributed by atoms with van der Waals surface area (Å²) in [7, 11) is -0.519. The first-order valence-corrected chi connectivity index (χ1v) is 10.3. The van der Waals surface area contributed by atoms with E-state index in [2.05, 4.69) is 20.8 Å². The zero-order valence-corrected chi connectivity index (χ0v) is 17.6. The van der Waals surface area contributed by atoms with Gasteiger partial charge in [0.15, 0.2) is 5.76 Å². The molecule has 0 atom stereocenters. The van der Waals surface area contributed by atoms with Gasteiger partial charge in [-0.25, -0.2) is 4.79 Å². The highest BCUT2D eigenvalue weighted by molar-refractivity contribution is 7.41. The zero-order valence-electron chi connectivity index (χ0n) is 16.6. The topological polar surface area (TPSA) is 54.0 Å². The van der Waals surface area contributed by atoms with Crippen LogP contribution in [0.1, 0.15) is 66.7 Å². The summed E-state index contributed by atoms with van der Waals surface area (Å²) in [6, 6.07) is 0.